The second-order valence-electron chi connectivity index (χ2n) is 3.51. The van der Waals surface area contributed by atoms with E-state index in [9.17, 15) is 9.59 Å². The van der Waals surface area contributed by atoms with Crippen LogP contribution in [0.15, 0.2) is 29.2 Å². The molecular weight excluding hydrogens is 226 g/mol. The first-order valence-electron chi connectivity index (χ1n) is 4.94. The lowest BCUT2D eigenvalue weighted by molar-refractivity contribution is -0.156. The van der Waals surface area contributed by atoms with E-state index in [1.165, 1.54) is 4.90 Å². The summed E-state index contributed by atoms with van der Waals surface area (Å²) in [6.07, 6.45) is 0. The third-order valence-electron chi connectivity index (χ3n) is 2.43. The number of carbonyl (C=O) groups excluding carboxylic acids is 2. The zero-order chi connectivity index (χ0) is 11.5. The fraction of sp³-hybridized carbons (Fsp3) is 0.273. The van der Waals surface area contributed by atoms with Crippen molar-refractivity contribution in [3.8, 4) is 0 Å². The first kappa shape index (κ1) is 11.0. The van der Waals surface area contributed by atoms with E-state index in [1.54, 1.807) is 11.8 Å². The Hall–Kier alpha value is -1.49. The van der Waals surface area contributed by atoms with Gasteiger partial charge in [0.05, 0.1) is 4.79 Å². The minimum absolute atomic E-state index is 0.423. The van der Waals surface area contributed by atoms with Crippen LogP contribution < -0.4 is 0 Å². The molecule has 0 saturated heterocycles. The van der Waals surface area contributed by atoms with Crippen LogP contribution in [-0.2, 0) is 16.1 Å². The van der Waals surface area contributed by atoms with Crippen LogP contribution in [0.2, 0.25) is 0 Å². The van der Waals surface area contributed by atoms with Crippen molar-refractivity contribution in [1.82, 2.24) is 4.90 Å². The number of hydrogen-bond acceptors (Lipinski definition) is 3. The Kier molecular flexibility index (Phi) is 3.14. The average Bonchev–Trinajstić information content (AvgIpc) is 2.49. The molecule has 2 N–H and O–H groups in total. The second kappa shape index (κ2) is 4.57. The highest BCUT2D eigenvalue weighted by molar-refractivity contribution is 7.99. The standard InChI is InChI=1S/C11H11NO3S/c13-10(11(14)15)12-5-6-16-9-4-2-1-3-8(9)7-12/h1-4H,5-7H2,(H,14,15)/p+1. The van der Waals surface area contributed by atoms with Gasteiger partial charge in [-0.3, -0.25) is 4.79 Å². The van der Waals surface area contributed by atoms with Crippen LogP contribution in [0.3, 0.4) is 0 Å². The molecule has 4 nitrogen and oxygen atoms in total. The highest BCUT2D eigenvalue weighted by Gasteiger charge is 2.29. The predicted molar refractivity (Wildman–Crippen MR) is 61.2 cm³/mol. The minimum Gasteiger partial charge on any atom is -0.557 e. The zero-order valence-corrected chi connectivity index (χ0v) is 9.42. The maximum Gasteiger partial charge on any atom is 0.607 e. The first-order valence-corrected chi connectivity index (χ1v) is 5.92. The summed E-state index contributed by atoms with van der Waals surface area (Å²) in [5.41, 5.74) is 1.04. The van der Waals surface area contributed by atoms with Gasteiger partial charge in [-0.1, -0.05) is 18.2 Å². The van der Waals surface area contributed by atoms with Crippen molar-refractivity contribution >= 4 is 23.6 Å². The maximum atomic E-state index is 11.4. The van der Waals surface area contributed by atoms with Gasteiger partial charge in [0.25, 0.3) is 0 Å². The molecule has 0 aromatic heterocycles. The van der Waals surface area contributed by atoms with Crippen LogP contribution >= 0.6 is 11.8 Å². The van der Waals surface area contributed by atoms with Gasteiger partial charge in [-0.25, -0.2) is 0 Å². The highest BCUT2D eigenvalue weighted by Crippen LogP contribution is 2.26. The smallest absolute Gasteiger partial charge is 0.557 e. The number of thioether (sulfide) groups is 1. The van der Waals surface area contributed by atoms with Crippen molar-refractivity contribution in [2.45, 2.75) is 11.4 Å². The summed E-state index contributed by atoms with van der Waals surface area (Å²) in [7, 11) is 0. The largest absolute Gasteiger partial charge is 0.607 e. The number of rotatable bonds is 0. The third-order valence-corrected chi connectivity index (χ3v) is 3.53. The molecule has 1 amide bonds. The minimum atomic E-state index is -1.13. The van der Waals surface area contributed by atoms with E-state index in [4.69, 9.17) is 5.11 Å². The summed E-state index contributed by atoms with van der Waals surface area (Å²) in [6.45, 7) is 0.940. The summed E-state index contributed by atoms with van der Waals surface area (Å²) in [6, 6.07) is 7.83. The molecule has 1 aromatic carbocycles. The fourth-order valence-corrected chi connectivity index (χ4v) is 2.67. The fourth-order valence-electron chi connectivity index (χ4n) is 1.64. The second-order valence-corrected chi connectivity index (χ2v) is 4.65. The molecule has 0 atom stereocenters. The van der Waals surface area contributed by atoms with Crippen LogP contribution in [0.4, 0.5) is 0 Å². The molecule has 1 heterocycles. The maximum absolute atomic E-state index is 11.4. The van der Waals surface area contributed by atoms with Gasteiger partial charge in [0.2, 0.25) is 0 Å². The van der Waals surface area contributed by atoms with Crippen LogP contribution in [0, 0.1) is 0 Å². The number of benzene rings is 1. The highest BCUT2D eigenvalue weighted by atomic mass is 32.2. The van der Waals surface area contributed by atoms with Gasteiger partial charge >= 0.3 is 11.9 Å². The SMILES string of the molecule is O=C([OH2+])C(=O)N1CCSc2ccccc2C1. The normalized spacial score (nSPS) is 15.1. The summed E-state index contributed by atoms with van der Waals surface area (Å²) >= 11 is 1.68. The molecule has 0 unspecified atom stereocenters. The van der Waals surface area contributed by atoms with E-state index in [-0.39, 0.29) is 0 Å². The summed E-state index contributed by atoms with van der Waals surface area (Å²) < 4.78 is 0. The monoisotopic (exact) mass is 238 g/mol. The molecule has 0 aliphatic carbocycles. The quantitative estimate of drug-likeness (QED) is 0.484. The Labute approximate surface area is 97.3 Å². The van der Waals surface area contributed by atoms with Crippen LogP contribution in [-0.4, -0.2) is 34.2 Å². The number of hydrogen-bond donors (Lipinski definition) is 0. The van der Waals surface area contributed by atoms with Gasteiger partial charge in [-0.2, -0.15) is 0 Å². The van der Waals surface area contributed by atoms with Crippen molar-refractivity contribution in [2.75, 3.05) is 12.3 Å². The molecule has 0 saturated carbocycles. The summed E-state index contributed by atoms with van der Waals surface area (Å²) in [5, 5.41) is 6.84. The molecule has 0 radical (unpaired) electrons. The Bertz CT molecular complexity index is 433. The number of nitrogens with zero attached hydrogens (tertiary/aromatic N) is 1. The Balaban J connectivity index is 2.23. The molecule has 0 spiro atoms. The first-order chi connectivity index (χ1) is 7.68. The number of fused-ring (bicyclic) bond motifs is 1. The Morgan fingerprint density at radius 2 is 2.06 bits per heavy atom. The lowest BCUT2D eigenvalue weighted by Crippen LogP contribution is -2.36. The molecular formula is C11H12NO3S+. The van der Waals surface area contributed by atoms with Gasteiger partial charge in [0.1, 0.15) is 0 Å². The van der Waals surface area contributed by atoms with Crippen molar-refractivity contribution in [2.24, 2.45) is 0 Å². The Morgan fingerprint density at radius 1 is 1.31 bits per heavy atom. The van der Waals surface area contributed by atoms with Crippen molar-refractivity contribution in [3.63, 3.8) is 0 Å². The predicted octanol–water partition coefficient (Wildman–Crippen LogP) is 0.372. The van der Waals surface area contributed by atoms with E-state index in [0.717, 1.165) is 16.2 Å². The molecule has 1 aliphatic rings. The molecule has 0 fully saturated rings. The third kappa shape index (κ3) is 2.19. The van der Waals surface area contributed by atoms with Crippen LogP contribution in [0.5, 0.6) is 0 Å². The lowest BCUT2D eigenvalue weighted by atomic mass is 10.2. The van der Waals surface area contributed by atoms with E-state index < -0.39 is 11.9 Å². The summed E-state index contributed by atoms with van der Waals surface area (Å²) in [4.78, 5) is 24.8. The van der Waals surface area contributed by atoms with Gasteiger partial charge in [0.15, 0.2) is 0 Å². The van der Waals surface area contributed by atoms with Gasteiger partial charge in [-0.15, -0.1) is 11.8 Å². The number of carbonyl (C=O) groups is 2. The topological polar surface area (TPSA) is 60.3 Å². The number of amides is 1. The molecule has 0 bridgehead atoms. The van der Waals surface area contributed by atoms with E-state index in [0.29, 0.717) is 13.1 Å². The molecule has 2 rings (SSSR count). The van der Waals surface area contributed by atoms with Gasteiger partial charge < -0.3 is 10.0 Å². The molecule has 84 valence electrons. The Morgan fingerprint density at radius 3 is 2.81 bits per heavy atom. The molecule has 5 heteroatoms. The van der Waals surface area contributed by atoms with E-state index in [1.807, 2.05) is 24.3 Å². The van der Waals surface area contributed by atoms with Crippen molar-refractivity contribution in [3.05, 3.63) is 29.8 Å². The van der Waals surface area contributed by atoms with E-state index >= 15 is 0 Å². The van der Waals surface area contributed by atoms with Gasteiger partial charge in [0, 0.05) is 23.7 Å². The van der Waals surface area contributed by atoms with Crippen molar-refractivity contribution < 1.29 is 14.7 Å². The lowest BCUT2D eigenvalue weighted by Gasteiger charge is -2.15. The van der Waals surface area contributed by atoms with Gasteiger partial charge in [-0.05, 0) is 11.6 Å². The average molecular weight is 238 g/mol. The molecule has 1 aliphatic heterocycles. The van der Waals surface area contributed by atoms with Crippen LogP contribution in [0.25, 0.3) is 0 Å². The van der Waals surface area contributed by atoms with Crippen LogP contribution in [0.1, 0.15) is 5.56 Å². The molecule has 1 aromatic rings. The van der Waals surface area contributed by atoms with Crippen molar-refractivity contribution in [1.29, 1.82) is 0 Å². The summed E-state index contributed by atoms with van der Waals surface area (Å²) in [5.74, 6) is -1.09. The molecule has 16 heavy (non-hydrogen) atoms. The van der Waals surface area contributed by atoms with E-state index in [2.05, 4.69) is 0 Å². The zero-order valence-electron chi connectivity index (χ0n) is 8.60.